The number of carbonyl (C=O) groups excluding carboxylic acids is 4. The molecule has 3 atom stereocenters. The van der Waals surface area contributed by atoms with Gasteiger partial charge in [0.1, 0.15) is 18.8 Å². The Kier molecular flexibility index (Phi) is 9.47. The van der Waals surface area contributed by atoms with Crippen LogP contribution in [0.2, 0.25) is 0 Å². The maximum Gasteiger partial charge on any atom is 0.253 e. The minimum atomic E-state index is -1.23. The lowest BCUT2D eigenvalue weighted by atomic mass is 10.1. The fourth-order valence-corrected chi connectivity index (χ4v) is 4.29. The highest BCUT2D eigenvalue weighted by Gasteiger charge is 2.37. The average Bonchev–Trinajstić information content (AvgIpc) is 3.39. The van der Waals surface area contributed by atoms with Crippen LogP contribution < -0.4 is 21.7 Å². The number of hydrogen-bond acceptors (Lipinski definition) is 6. The van der Waals surface area contributed by atoms with Crippen molar-refractivity contribution in [1.29, 1.82) is 5.41 Å². The predicted molar refractivity (Wildman–Crippen MR) is 135 cm³/mol. The highest BCUT2D eigenvalue weighted by Crippen LogP contribution is 2.20. The molecule has 1 fully saturated rings. The minimum absolute atomic E-state index is 0.154. The number of pyridine rings is 1. The third-order valence-corrected chi connectivity index (χ3v) is 6.23. The van der Waals surface area contributed by atoms with Gasteiger partial charge in [0.25, 0.3) is 5.91 Å². The highest BCUT2D eigenvalue weighted by molar-refractivity contribution is 6.00. The Morgan fingerprint density at radius 3 is 2.73 bits per heavy atom. The second-order valence-corrected chi connectivity index (χ2v) is 8.95. The third-order valence-electron chi connectivity index (χ3n) is 6.23. The SMILES string of the molecule is C[C@H](NC(=O)c1cnc2ccccc2c1)C(=O)N1CCC[C@H]1C(=O)N[C@@H](CCCNC(=N)N)C(=O)CF. The molecule has 1 aliphatic heterocycles. The van der Waals surface area contributed by atoms with Crippen molar-refractivity contribution in [3.63, 3.8) is 0 Å². The molecule has 1 saturated heterocycles. The van der Waals surface area contributed by atoms with Crippen molar-refractivity contribution in [2.45, 2.75) is 50.7 Å². The molecule has 11 nitrogen and oxygen atoms in total. The fourth-order valence-electron chi connectivity index (χ4n) is 4.29. The van der Waals surface area contributed by atoms with Crippen molar-refractivity contribution < 1.29 is 23.6 Å². The van der Waals surface area contributed by atoms with E-state index in [9.17, 15) is 23.6 Å². The summed E-state index contributed by atoms with van der Waals surface area (Å²) in [6.07, 6.45) is 2.92. The van der Waals surface area contributed by atoms with Crippen LogP contribution in [0, 0.1) is 5.41 Å². The quantitative estimate of drug-likeness (QED) is 0.167. The van der Waals surface area contributed by atoms with Gasteiger partial charge in [-0.25, -0.2) is 4.39 Å². The first kappa shape index (κ1) is 27.5. The smallest absolute Gasteiger partial charge is 0.253 e. The number of aromatic nitrogens is 1. The molecule has 0 unspecified atom stereocenters. The number of nitrogens with zero attached hydrogens (tertiary/aromatic N) is 2. The molecule has 37 heavy (non-hydrogen) atoms. The van der Waals surface area contributed by atoms with Crippen LogP contribution in [0.5, 0.6) is 0 Å². The first-order chi connectivity index (χ1) is 17.7. The summed E-state index contributed by atoms with van der Waals surface area (Å²) in [7, 11) is 0. The fraction of sp³-hybridized carbons (Fsp3) is 0.440. The zero-order valence-corrected chi connectivity index (χ0v) is 20.6. The number of carbonyl (C=O) groups is 4. The lowest BCUT2D eigenvalue weighted by Gasteiger charge is -2.28. The molecule has 12 heteroatoms. The Balaban J connectivity index is 1.60. The van der Waals surface area contributed by atoms with Gasteiger partial charge in [-0.1, -0.05) is 18.2 Å². The molecule has 1 aromatic heterocycles. The normalized spacial score (nSPS) is 16.6. The van der Waals surface area contributed by atoms with Crippen LogP contribution in [-0.4, -0.2) is 77.2 Å². The Hall–Kier alpha value is -4.09. The summed E-state index contributed by atoms with van der Waals surface area (Å²) < 4.78 is 13.1. The van der Waals surface area contributed by atoms with E-state index < -0.39 is 48.3 Å². The van der Waals surface area contributed by atoms with Crippen LogP contribution in [0.15, 0.2) is 36.5 Å². The maximum absolute atomic E-state index is 13.1. The van der Waals surface area contributed by atoms with Gasteiger partial charge in [-0.05, 0) is 44.7 Å². The molecular formula is C25H32FN7O4. The topological polar surface area (TPSA) is 170 Å². The first-order valence-electron chi connectivity index (χ1n) is 12.1. The van der Waals surface area contributed by atoms with Crippen molar-refractivity contribution in [3.8, 4) is 0 Å². The third kappa shape index (κ3) is 7.21. The van der Waals surface area contributed by atoms with Crippen molar-refractivity contribution in [1.82, 2.24) is 25.8 Å². The maximum atomic E-state index is 13.1. The largest absolute Gasteiger partial charge is 0.370 e. The molecular weight excluding hydrogens is 481 g/mol. The second kappa shape index (κ2) is 12.7. The summed E-state index contributed by atoms with van der Waals surface area (Å²) in [5.41, 5.74) is 6.27. The van der Waals surface area contributed by atoms with Gasteiger partial charge in [-0.3, -0.25) is 29.6 Å². The van der Waals surface area contributed by atoms with E-state index in [4.69, 9.17) is 11.1 Å². The van der Waals surface area contributed by atoms with Gasteiger partial charge in [0.05, 0.1) is 17.1 Å². The molecule has 2 heterocycles. The van der Waals surface area contributed by atoms with Crippen LogP contribution in [0.4, 0.5) is 4.39 Å². The molecule has 0 saturated carbocycles. The number of fused-ring (bicyclic) bond motifs is 1. The molecule has 6 N–H and O–H groups in total. The zero-order valence-electron chi connectivity index (χ0n) is 20.6. The van der Waals surface area contributed by atoms with Crippen molar-refractivity contribution in [3.05, 3.63) is 42.1 Å². The van der Waals surface area contributed by atoms with E-state index in [0.29, 0.717) is 37.9 Å². The molecule has 1 aromatic carbocycles. The molecule has 0 bridgehead atoms. The van der Waals surface area contributed by atoms with Crippen LogP contribution >= 0.6 is 0 Å². The molecule has 198 valence electrons. The number of nitrogens with two attached hydrogens (primary N) is 1. The Morgan fingerprint density at radius 1 is 1.24 bits per heavy atom. The van der Waals surface area contributed by atoms with Crippen molar-refractivity contribution in [2.24, 2.45) is 5.73 Å². The molecule has 3 rings (SSSR count). The predicted octanol–water partition coefficient (Wildman–Crippen LogP) is 0.631. The number of guanidine groups is 1. The van der Waals surface area contributed by atoms with E-state index in [1.165, 1.54) is 11.1 Å². The molecule has 0 spiro atoms. The van der Waals surface area contributed by atoms with Crippen LogP contribution in [-0.2, 0) is 14.4 Å². The lowest BCUT2D eigenvalue weighted by molar-refractivity contribution is -0.140. The number of nitrogens with one attached hydrogen (secondary N) is 4. The molecule has 0 radical (unpaired) electrons. The van der Waals surface area contributed by atoms with Gasteiger partial charge in [0.15, 0.2) is 11.7 Å². The number of halogens is 1. The summed E-state index contributed by atoms with van der Waals surface area (Å²) in [5.74, 6) is -2.44. The number of likely N-dealkylation sites (tertiary alicyclic amines) is 1. The number of benzene rings is 1. The summed E-state index contributed by atoms with van der Waals surface area (Å²) >= 11 is 0. The van der Waals surface area contributed by atoms with Gasteiger partial charge >= 0.3 is 0 Å². The zero-order chi connectivity index (χ0) is 26.9. The average molecular weight is 514 g/mol. The standard InChI is InChI=1S/C25H32FN7O4/c1-15(31-22(35)17-12-16-6-2-3-7-18(16)30-14-17)24(37)33-11-5-9-20(33)23(36)32-19(21(34)13-26)8-4-10-29-25(27)28/h2-3,6-7,12,14-15,19-20H,4-5,8-11,13H2,1H3,(H,31,35)(H,32,36)(H4,27,28,29)/t15-,19-,20-/m0/s1. The van der Waals surface area contributed by atoms with Crippen molar-refractivity contribution >= 4 is 40.4 Å². The molecule has 2 aromatic rings. The van der Waals surface area contributed by atoms with E-state index in [-0.39, 0.29) is 12.4 Å². The second-order valence-electron chi connectivity index (χ2n) is 8.95. The van der Waals surface area contributed by atoms with E-state index in [1.807, 2.05) is 24.3 Å². The van der Waals surface area contributed by atoms with Crippen LogP contribution in [0.25, 0.3) is 10.9 Å². The number of Topliss-reactive ketones (excluding diaryl/α,β-unsaturated/α-hetero) is 1. The summed E-state index contributed by atoms with van der Waals surface area (Å²) in [4.78, 5) is 56.6. The number of para-hydroxylation sites is 1. The van der Waals surface area contributed by atoms with Gasteiger partial charge in [-0.15, -0.1) is 0 Å². The number of hydrogen-bond donors (Lipinski definition) is 5. The Bertz CT molecular complexity index is 1170. The highest BCUT2D eigenvalue weighted by atomic mass is 19.1. The van der Waals surface area contributed by atoms with E-state index in [0.717, 1.165) is 10.9 Å². The lowest BCUT2D eigenvalue weighted by Crippen LogP contribution is -2.54. The number of alkyl halides is 1. The monoisotopic (exact) mass is 513 g/mol. The van der Waals surface area contributed by atoms with Gasteiger partial charge in [0, 0.05) is 24.7 Å². The number of ketones is 1. The molecule has 3 amide bonds. The first-order valence-corrected chi connectivity index (χ1v) is 12.1. The number of rotatable bonds is 11. The van der Waals surface area contributed by atoms with Gasteiger partial charge in [-0.2, -0.15) is 0 Å². The van der Waals surface area contributed by atoms with E-state index >= 15 is 0 Å². The van der Waals surface area contributed by atoms with Crippen LogP contribution in [0.3, 0.4) is 0 Å². The summed E-state index contributed by atoms with van der Waals surface area (Å²) in [5, 5.41) is 15.8. The van der Waals surface area contributed by atoms with E-state index in [1.54, 1.807) is 13.0 Å². The number of amides is 3. The molecule has 1 aliphatic rings. The Labute approximate surface area is 213 Å². The van der Waals surface area contributed by atoms with Crippen molar-refractivity contribution in [2.75, 3.05) is 19.8 Å². The minimum Gasteiger partial charge on any atom is -0.370 e. The molecule has 0 aliphatic carbocycles. The Morgan fingerprint density at radius 2 is 2.00 bits per heavy atom. The summed E-state index contributed by atoms with van der Waals surface area (Å²) in [6.45, 7) is 0.919. The van der Waals surface area contributed by atoms with E-state index in [2.05, 4.69) is 20.9 Å². The van der Waals surface area contributed by atoms with Crippen LogP contribution in [0.1, 0.15) is 43.0 Å². The van der Waals surface area contributed by atoms with Gasteiger partial charge in [0.2, 0.25) is 11.8 Å². The van der Waals surface area contributed by atoms with Gasteiger partial charge < -0.3 is 26.6 Å². The summed E-state index contributed by atoms with van der Waals surface area (Å²) in [6, 6.07) is 6.24.